The van der Waals surface area contributed by atoms with Crippen LogP contribution in [0.5, 0.6) is 0 Å². The zero-order valence-corrected chi connectivity index (χ0v) is 16.0. The van der Waals surface area contributed by atoms with Crippen LogP contribution in [0, 0.1) is 5.92 Å². The lowest BCUT2D eigenvalue weighted by atomic mass is 9.96. The maximum absolute atomic E-state index is 12.9. The molecule has 1 aliphatic heterocycles. The van der Waals surface area contributed by atoms with Crippen molar-refractivity contribution < 1.29 is 8.42 Å². The average Bonchev–Trinajstić information content (AvgIpc) is 3.32. The highest BCUT2D eigenvalue weighted by Crippen LogP contribution is 2.25. The molecule has 8 nitrogen and oxygen atoms in total. The number of benzene rings is 1. The van der Waals surface area contributed by atoms with E-state index in [4.69, 9.17) is 0 Å². The summed E-state index contributed by atoms with van der Waals surface area (Å²) in [5.74, 6) is 1.05. The molecule has 1 unspecified atom stereocenters. The molecule has 0 aliphatic carbocycles. The average molecular weight is 386 g/mol. The number of nitrogens with zero attached hydrogens (tertiary/aromatic N) is 6. The quantitative estimate of drug-likeness (QED) is 0.665. The molecule has 1 aromatic carbocycles. The second-order valence-electron chi connectivity index (χ2n) is 6.91. The first-order valence-corrected chi connectivity index (χ1v) is 10.4. The molecule has 0 saturated carbocycles. The van der Waals surface area contributed by atoms with Crippen LogP contribution in [0.15, 0.2) is 54.2 Å². The van der Waals surface area contributed by atoms with Crippen LogP contribution in [0.4, 0.5) is 0 Å². The minimum absolute atomic E-state index is 0.109. The van der Waals surface area contributed by atoms with Gasteiger partial charge in [-0.2, -0.15) is 4.31 Å². The van der Waals surface area contributed by atoms with Crippen LogP contribution in [0.25, 0.3) is 5.69 Å². The fourth-order valence-corrected chi connectivity index (χ4v) is 5.05. The molecule has 0 radical (unpaired) electrons. The van der Waals surface area contributed by atoms with Gasteiger partial charge in [-0.05, 0) is 30.9 Å². The lowest BCUT2D eigenvalue weighted by Gasteiger charge is -2.31. The van der Waals surface area contributed by atoms with Gasteiger partial charge < -0.3 is 4.57 Å². The van der Waals surface area contributed by atoms with E-state index in [0.717, 1.165) is 24.4 Å². The molecule has 4 rings (SSSR count). The summed E-state index contributed by atoms with van der Waals surface area (Å²) >= 11 is 0. The first-order valence-electron chi connectivity index (χ1n) is 8.96. The van der Waals surface area contributed by atoms with E-state index in [0.29, 0.717) is 19.5 Å². The summed E-state index contributed by atoms with van der Waals surface area (Å²) in [6.07, 6.45) is 7.24. The third-order valence-corrected chi connectivity index (χ3v) is 6.64. The summed E-state index contributed by atoms with van der Waals surface area (Å²) in [6.45, 7) is 1.00. The van der Waals surface area contributed by atoms with Gasteiger partial charge in [0.2, 0.25) is 0 Å². The number of para-hydroxylation sites is 1. The van der Waals surface area contributed by atoms with Gasteiger partial charge in [-0.25, -0.2) is 13.4 Å². The Balaban J connectivity index is 1.51. The van der Waals surface area contributed by atoms with Crippen molar-refractivity contribution in [2.24, 2.45) is 13.0 Å². The van der Waals surface area contributed by atoms with E-state index >= 15 is 0 Å². The normalized spacial score (nSPS) is 18.6. The van der Waals surface area contributed by atoms with Crippen LogP contribution < -0.4 is 0 Å². The highest BCUT2D eigenvalue weighted by Gasteiger charge is 2.32. The summed E-state index contributed by atoms with van der Waals surface area (Å²) < 4.78 is 30.9. The van der Waals surface area contributed by atoms with Gasteiger partial charge >= 0.3 is 0 Å². The number of aryl methyl sites for hydroxylation is 1. The standard InChI is InChI=1S/C18H22N6O2S/c1-22-12-18(19-13-22)27(25,26)23-9-5-6-15(11-23)10-17-21-20-14-24(17)16-7-3-2-4-8-16/h2-4,7-8,12-15H,5-6,9-11H2,1H3. The predicted octanol–water partition coefficient (Wildman–Crippen LogP) is 1.64. The van der Waals surface area contributed by atoms with Gasteiger partial charge in [-0.15, -0.1) is 10.2 Å². The van der Waals surface area contributed by atoms with Gasteiger partial charge in [0.05, 0.1) is 6.33 Å². The van der Waals surface area contributed by atoms with Crippen LogP contribution in [0.2, 0.25) is 0 Å². The molecule has 0 amide bonds. The zero-order chi connectivity index (χ0) is 18.9. The van der Waals surface area contributed by atoms with Crippen molar-refractivity contribution >= 4 is 10.0 Å². The molecular weight excluding hydrogens is 364 g/mol. The van der Waals surface area contributed by atoms with E-state index in [1.165, 1.54) is 6.33 Å². The largest absolute Gasteiger partial charge is 0.339 e. The molecular formula is C18H22N6O2S. The minimum atomic E-state index is -3.56. The Bertz CT molecular complexity index is 1010. The Morgan fingerprint density at radius 1 is 1.19 bits per heavy atom. The topological polar surface area (TPSA) is 85.9 Å². The summed E-state index contributed by atoms with van der Waals surface area (Å²) in [7, 11) is -1.79. The van der Waals surface area contributed by atoms with Crippen molar-refractivity contribution in [3.05, 3.63) is 55.0 Å². The highest BCUT2D eigenvalue weighted by molar-refractivity contribution is 7.89. The van der Waals surface area contributed by atoms with Crippen molar-refractivity contribution in [1.82, 2.24) is 28.6 Å². The van der Waals surface area contributed by atoms with Crippen molar-refractivity contribution in [2.75, 3.05) is 13.1 Å². The zero-order valence-electron chi connectivity index (χ0n) is 15.1. The van der Waals surface area contributed by atoms with E-state index in [-0.39, 0.29) is 10.9 Å². The molecule has 1 fully saturated rings. The van der Waals surface area contributed by atoms with Gasteiger partial charge in [0, 0.05) is 38.4 Å². The van der Waals surface area contributed by atoms with E-state index in [1.807, 2.05) is 34.9 Å². The first kappa shape index (κ1) is 17.9. The number of piperidine rings is 1. The fraction of sp³-hybridized carbons (Fsp3) is 0.389. The molecule has 3 heterocycles. The Kier molecular flexibility index (Phi) is 4.79. The Morgan fingerprint density at radius 3 is 2.74 bits per heavy atom. The number of rotatable bonds is 5. The van der Waals surface area contributed by atoms with Crippen LogP contribution in [-0.2, 0) is 23.5 Å². The van der Waals surface area contributed by atoms with Gasteiger partial charge in [-0.3, -0.25) is 4.57 Å². The molecule has 1 saturated heterocycles. The fourth-order valence-electron chi connectivity index (χ4n) is 3.53. The maximum atomic E-state index is 12.9. The third kappa shape index (κ3) is 3.65. The SMILES string of the molecule is Cn1cnc(S(=O)(=O)N2CCCC(Cc3nncn3-c3ccccc3)C2)c1. The number of sulfonamides is 1. The van der Waals surface area contributed by atoms with Gasteiger partial charge in [0.25, 0.3) is 10.0 Å². The second-order valence-corrected chi connectivity index (χ2v) is 8.79. The lowest BCUT2D eigenvalue weighted by Crippen LogP contribution is -2.40. The summed E-state index contributed by atoms with van der Waals surface area (Å²) in [4.78, 5) is 4.02. The van der Waals surface area contributed by atoms with E-state index in [9.17, 15) is 8.42 Å². The smallest absolute Gasteiger partial charge is 0.262 e. The van der Waals surface area contributed by atoms with Gasteiger partial charge in [0.1, 0.15) is 12.2 Å². The van der Waals surface area contributed by atoms with Crippen LogP contribution in [0.3, 0.4) is 0 Å². The number of hydrogen-bond donors (Lipinski definition) is 0. The van der Waals surface area contributed by atoms with E-state index in [1.54, 1.807) is 28.4 Å². The molecule has 1 atom stereocenters. The molecule has 27 heavy (non-hydrogen) atoms. The molecule has 9 heteroatoms. The number of hydrogen-bond acceptors (Lipinski definition) is 5. The molecule has 142 valence electrons. The third-order valence-electron chi connectivity index (χ3n) is 4.89. The van der Waals surface area contributed by atoms with E-state index in [2.05, 4.69) is 15.2 Å². The molecule has 0 N–H and O–H groups in total. The van der Waals surface area contributed by atoms with E-state index < -0.39 is 10.0 Å². The van der Waals surface area contributed by atoms with Crippen LogP contribution >= 0.6 is 0 Å². The van der Waals surface area contributed by atoms with Crippen molar-refractivity contribution in [3.63, 3.8) is 0 Å². The van der Waals surface area contributed by atoms with Gasteiger partial charge in [-0.1, -0.05) is 18.2 Å². The van der Waals surface area contributed by atoms with Crippen LogP contribution in [0.1, 0.15) is 18.7 Å². The maximum Gasteiger partial charge on any atom is 0.262 e. The van der Waals surface area contributed by atoms with Gasteiger partial charge in [0.15, 0.2) is 5.03 Å². The molecule has 2 aromatic heterocycles. The Morgan fingerprint density at radius 2 is 2.00 bits per heavy atom. The predicted molar refractivity (Wildman–Crippen MR) is 99.8 cm³/mol. The monoisotopic (exact) mass is 386 g/mol. The summed E-state index contributed by atoms with van der Waals surface area (Å²) in [5.41, 5.74) is 1.01. The molecule has 0 spiro atoms. The number of imidazole rings is 1. The Labute approximate surface area is 158 Å². The van der Waals surface area contributed by atoms with Crippen molar-refractivity contribution in [3.8, 4) is 5.69 Å². The van der Waals surface area contributed by atoms with Crippen LogP contribution in [-0.4, -0.2) is 50.1 Å². The first-order chi connectivity index (χ1) is 13.0. The Hall–Kier alpha value is -2.52. The lowest BCUT2D eigenvalue weighted by molar-refractivity contribution is 0.262. The summed E-state index contributed by atoms with van der Waals surface area (Å²) in [6, 6.07) is 9.92. The molecule has 1 aliphatic rings. The highest BCUT2D eigenvalue weighted by atomic mass is 32.2. The summed E-state index contributed by atoms with van der Waals surface area (Å²) in [5, 5.41) is 8.42. The second kappa shape index (κ2) is 7.24. The minimum Gasteiger partial charge on any atom is -0.339 e. The van der Waals surface area contributed by atoms with Crippen molar-refractivity contribution in [2.45, 2.75) is 24.3 Å². The molecule has 3 aromatic rings. The van der Waals surface area contributed by atoms with Crippen molar-refractivity contribution in [1.29, 1.82) is 0 Å². The molecule has 0 bridgehead atoms. The number of aromatic nitrogens is 5.